The lowest BCUT2D eigenvalue weighted by molar-refractivity contribution is 0.0440. The lowest BCUT2D eigenvalue weighted by atomic mass is 10.2. The molecule has 0 fully saturated rings. The molecule has 22 heavy (non-hydrogen) atoms. The number of halogens is 1. The summed E-state index contributed by atoms with van der Waals surface area (Å²) in [4.78, 5) is 11.8. The van der Waals surface area contributed by atoms with Gasteiger partial charge in [0, 0.05) is 19.1 Å². The molecule has 0 aliphatic carbocycles. The Morgan fingerprint density at radius 1 is 1.18 bits per heavy atom. The summed E-state index contributed by atoms with van der Waals surface area (Å²) < 4.78 is 35.0. The van der Waals surface area contributed by atoms with E-state index in [1.807, 2.05) is 0 Å². The number of esters is 1. The Bertz CT molecular complexity index is 765. The van der Waals surface area contributed by atoms with Gasteiger partial charge in [0.1, 0.15) is 12.4 Å². The van der Waals surface area contributed by atoms with E-state index in [-0.39, 0.29) is 17.5 Å². The van der Waals surface area contributed by atoms with Crippen LogP contribution in [-0.4, -0.2) is 32.8 Å². The normalized spacial score (nSPS) is 11.6. The van der Waals surface area contributed by atoms with Gasteiger partial charge in [0.25, 0.3) is 10.0 Å². The summed E-state index contributed by atoms with van der Waals surface area (Å²) in [5, 5.41) is 0.316. The van der Waals surface area contributed by atoms with E-state index in [9.17, 15) is 13.2 Å². The van der Waals surface area contributed by atoms with Crippen molar-refractivity contribution in [3.63, 3.8) is 0 Å². The Labute approximate surface area is 133 Å². The third-order valence-electron chi connectivity index (χ3n) is 2.80. The first-order chi connectivity index (χ1) is 10.3. The van der Waals surface area contributed by atoms with E-state index in [1.54, 1.807) is 12.1 Å². The first-order valence-electron chi connectivity index (χ1n) is 6.24. The van der Waals surface area contributed by atoms with Gasteiger partial charge in [-0.1, -0.05) is 11.6 Å². The second kappa shape index (κ2) is 6.51. The molecule has 0 amide bonds. The molecule has 8 heteroatoms. The van der Waals surface area contributed by atoms with E-state index in [4.69, 9.17) is 20.8 Å². The molecule has 0 radical (unpaired) electrons. The van der Waals surface area contributed by atoms with Crippen LogP contribution in [0.3, 0.4) is 0 Å². The van der Waals surface area contributed by atoms with E-state index in [2.05, 4.69) is 0 Å². The first kappa shape index (κ1) is 16.5. The van der Waals surface area contributed by atoms with Gasteiger partial charge in [-0.05, 0) is 36.4 Å². The zero-order valence-electron chi connectivity index (χ0n) is 11.9. The summed E-state index contributed by atoms with van der Waals surface area (Å²) in [5.41, 5.74) is 0.345. The van der Waals surface area contributed by atoms with Crippen molar-refractivity contribution in [3.8, 4) is 0 Å². The van der Waals surface area contributed by atoms with Gasteiger partial charge in [0.15, 0.2) is 0 Å². The maximum Gasteiger partial charge on any atom is 0.338 e. The standard InChI is InChI=1S/C14H14ClNO5S/c1-16(2)22(18,19)13-8-7-12(21-13)9-20-14(17)10-3-5-11(15)6-4-10/h3-8H,9H2,1-2H3. The van der Waals surface area contributed by atoms with Crippen LogP contribution in [0, 0.1) is 0 Å². The van der Waals surface area contributed by atoms with Crippen LogP contribution >= 0.6 is 11.6 Å². The summed E-state index contributed by atoms with van der Waals surface area (Å²) in [5.74, 6) is -0.312. The van der Waals surface area contributed by atoms with Gasteiger partial charge >= 0.3 is 5.97 Å². The Morgan fingerprint density at radius 2 is 1.82 bits per heavy atom. The summed E-state index contributed by atoms with van der Waals surface area (Å²) in [7, 11) is -0.838. The molecule has 2 rings (SSSR count). The minimum atomic E-state index is -3.64. The smallest absolute Gasteiger partial charge is 0.338 e. The molecule has 1 aromatic carbocycles. The number of furan rings is 1. The highest BCUT2D eigenvalue weighted by atomic mass is 35.5. The monoisotopic (exact) mass is 343 g/mol. The van der Waals surface area contributed by atoms with Crippen molar-refractivity contribution in [1.29, 1.82) is 0 Å². The van der Waals surface area contributed by atoms with Crippen molar-refractivity contribution in [2.75, 3.05) is 14.1 Å². The molecule has 0 saturated heterocycles. The molecule has 0 atom stereocenters. The molecule has 0 spiro atoms. The van der Waals surface area contributed by atoms with Gasteiger partial charge < -0.3 is 9.15 Å². The Morgan fingerprint density at radius 3 is 2.41 bits per heavy atom. The lowest BCUT2D eigenvalue weighted by Crippen LogP contribution is -2.21. The van der Waals surface area contributed by atoms with Crippen molar-refractivity contribution >= 4 is 27.6 Å². The molecule has 2 aromatic rings. The SMILES string of the molecule is CN(C)S(=O)(=O)c1ccc(COC(=O)c2ccc(Cl)cc2)o1. The molecule has 0 aliphatic heterocycles. The van der Waals surface area contributed by atoms with Crippen LogP contribution in [0.25, 0.3) is 0 Å². The molecule has 0 aliphatic rings. The van der Waals surface area contributed by atoms with Gasteiger partial charge in [0.05, 0.1) is 5.56 Å². The quantitative estimate of drug-likeness (QED) is 0.780. The molecule has 118 valence electrons. The number of nitrogens with zero attached hydrogens (tertiary/aromatic N) is 1. The number of carbonyl (C=O) groups excluding carboxylic acids is 1. The van der Waals surface area contributed by atoms with E-state index in [0.717, 1.165) is 4.31 Å². The molecular weight excluding hydrogens is 330 g/mol. The van der Waals surface area contributed by atoms with Crippen LogP contribution in [0.5, 0.6) is 0 Å². The summed E-state index contributed by atoms with van der Waals surface area (Å²) >= 11 is 5.73. The fraction of sp³-hybridized carbons (Fsp3) is 0.214. The van der Waals surface area contributed by atoms with Crippen molar-refractivity contribution in [2.24, 2.45) is 0 Å². The number of carbonyl (C=O) groups is 1. The van der Waals surface area contributed by atoms with E-state index < -0.39 is 16.0 Å². The summed E-state index contributed by atoms with van der Waals surface area (Å²) in [6.45, 7) is -0.162. The molecule has 1 heterocycles. The summed E-state index contributed by atoms with van der Waals surface area (Å²) in [6, 6.07) is 9.00. The van der Waals surface area contributed by atoms with E-state index in [0.29, 0.717) is 10.6 Å². The summed E-state index contributed by atoms with van der Waals surface area (Å²) in [6.07, 6.45) is 0. The molecule has 6 nitrogen and oxygen atoms in total. The number of sulfonamides is 1. The van der Waals surface area contributed by atoms with E-state index >= 15 is 0 Å². The number of ether oxygens (including phenoxy) is 1. The van der Waals surface area contributed by atoms with Crippen LogP contribution in [0.4, 0.5) is 0 Å². The van der Waals surface area contributed by atoms with Gasteiger partial charge in [-0.3, -0.25) is 0 Å². The molecule has 1 aromatic heterocycles. The predicted octanol–water partition coefficient (Wildman–Crippen LogP) is 2.54. The zero-order valence-corrected chi connectivity index (χ0v) is 13.5. The highest BCUT2D eigenvalue weighted by Gasteiger charge is 2.21. The third-order valence-corrected chi connectivity index (χ3v) is 4.74. The third kappa shape index (κ3) is 3.68. The van der Waals surface area contributed by atoms with Crippen LogP contribution in [0.15, 0.2) is 45.9 Å². The van der Waals surface area contributed by atoms with Crippen LogP contribution < -0.4 is 0 Å². The fourth-order valence-corrected chi connectivity index (χ4v) is 2.50. The second-order valence-electron chi connectivity index (χ2n) is 4.59. The number of rotatable bonds is 5. The fourth-order valence-electron chi connectivity index (χ4n) is 1.56. The van der Waals surface area contributed by atoms with Crippen molar-refractivity contribution in [3.05, 3.63) is 52.7 Å². The number of benzene rings is 1. The Balaban J connectivity index is 2.02. The molecule has 0 bridgehead atoms. The lowest BCUT2D eigenvalue weighted by Gasteiger charge is -2.07. The van der Waals surface area contributed by atoms with Gasteiger partial charge in [-0.2, -0.15) is 0 Å². The maximum atomic E-state index is 11.8. The van der Waals surface area contributed by atoms with Crippen LogP contribution in [0.1, 0.15) is 16.1 Å². The van der Waals surface area contributed by atoms with Gasteiger partial charge in [-0.15, -0.1) is 0 Å². The zero-order chi connectivity index (χ0) is 16.3. The van der Waals surface area contributed by atoms with Crippen molar-refractivity contribution in [2.45, 2.75) is 11.7 Å². The Hall–Kier alpha value is -1.83. The topological polar surface area (TPSA) is 76.8 Å². The van der Waals surface area contributed by atoms with Crippen LogP contribution in [0.2, 0.25) is 5.02 Å². The average Bonchev–Trinajstić information content (AvgIpc) is 2.95. The largest absolute Gasteiger partial charge is 0.454 e. The van der Waals surface area contributed by atoms with Gasteiger partial charge in [0.2, 0.25) is 5.09 Å². The molecule has 0 N–H and O–H groups in total. The number of hydrogen-bond acceptors (Lipinski definition) is 5. The minimum absolute atomic E-state index is 0.162. The predicted molar refractivity (Wildman–Crippen MR) is 80.2 cm³/mol. The minimum Gasteiger partial charge on any atom is -0.454 e. The number of hydrogen-bond donors (Lipinski definition) is 0. The maximum absolute atomic E-state index is 11.8. The van der Waals surface area contributed by atoms with E-state index in [1.165, 1.54) is 38.4 Å². The second-order valence-corrected chi connectivity index (χ2v) is 7.11. The first-order valence-corrected chi connectivity index (χ1v) is 8.06. The molecule has 0 unspecified atom stereocenters. The van der Waals surface area contributed by atoms with Crippen molar-refractivity contribution < 1.29 is 22.4 Å². The Kier molecular flexibility index (Phi) is 4.90. The van der Waals surface area contributed by atoms with Crippen LogP contribution in [-0.2, 0) is 21.4 Å². The molecular formula is C14H14ClNO5S. The van der Waals surface area contributed by atoms with Gasteiger partial charge in [-0.25, -0.2) is 17.5 Å². The highest BCUT2D eigenvalue weighted by molar-refractivity contribution is 7.88. The van der Waals surface area contributed by atoms with Crippen molar-refractivity contribution in [1.82, 2.24) is 4.31 Å². The molecule has 0 saturated carbocycles. The average molecular weight is 344 g/mol. The highest BCUT2D eigenvalue weighted by Crippen LogP contribution is 2.18.